The summed E-state index contributed by atoms with van der Waals surface area (Å²) in [7, 11) is 1.71. The van der Waals surface area contributed by atoms with Crippen molar-refractivity contribution in [1.29, 1.82) is 0 Å². The number of hydrogen-bond acceptors (Lipinski definition) is 4. The van der Waals surface area contributed by atoms with Crippen molar-refractivity contribution in [2.75, 3.05) is 25.5 Å². The normalized spacial score (nSPS) is 10.4. The van der Waals surface area contributed by atoms with Crippen molar-refractivity contribution < 1.29 is 18.7 Å². The van der Waals surface area contributed by atoms with E-state index in [1.54, 1.807) is 72.6 Å². The molecule has 0 aliphatic heterocycles. The summed E-state index contributed by atoms with van der Waals surface area (Å²) in [4.78, 5) is 26.0. The fraction of sp³-hybridized carbons (Fsp3) is 0.143. The molecule has 0 saturated carbocycles. The van der Waals surface area contributed by atoms with E-state index >= 15 is 0 Å². The van der Waals surface area contributed by atoms with Crippen LogP contribution in [0, 0.1) is 0 Å². The molecule has 144 valence electrons. The lowest BCUT2D eigenvalue weighted by Gasteiger charge is -2.18. The largest absolute Gasteiger partial charge is 0.492 e. The van der Waals surface area contributed by atoms with Crippen molar-refractivity contribution in [2.24, 2.45) is 0 Å². The molecule has 3 rings (SSSR count). The van der Waals surface area contributed by atoms with E-state index in [1.165, 1.54) is 6.26 Å². The smallest absolute Gasteiger partial charge is 0.291 e. The van der Waals surface area contributed by atoms with Gasteiger partial charge in [-0.15, -0.1) is 0 Å². The lowest BCUT2D eigenvalue weighted by Crippen LogP contribution is -2.30. The number of benzene rings is 2. The molecule has 0 fully saturated rings. The van der Waals surface area contributed by atoms with E-state index in [-0.39, 0.29) is 17.6 Å². The van der Waals surface area contributed by atoms with Crippen LogP contribution in [0.1, 0.15) is 20.9 Å². The second kappa shape index (κ2) is 9.10. The standard InChI is InChI=1S/C21H19ClN2O4/c1-24(12-14-27-18-10-6-16(22)7-11-18)21(26)15-4-8-17(9-5-15)23-20(25)19-3-2-13-28-19/h2-11,13H,12,14H2,1H3,(H,23,25). The average Bonchev–Trinajstić information content (AvgIpc) is 3.24. The number of furan rings is 1. The molecule has 0 spiro atoms. The van der Waals surface area contributed by atoms with Crippen LogP contribution in [-0.4, -0.2) is 36.9 Å². The number of hydrogen-bond donors (Lipinski definition) is 1. The van der Waals surface area contributed by atoms with Crippen LogP contribution in [0.25, 0.3) is 0 Å². The lowest BCUT2D eigenvalue weighted by molar-refractivity contribution is 0.0773. The third kappa shape index (κ3) is 5.14. The highest BCUT2D eigenvalue weighted by molar-refractivity contribution is 6.30. The van der Waals surface area contributed by atoms with Gasteiger partial charge in [0, 0.05) is 23.3 Å². The van der Waals surface area contributed by atoms with Crippen molar-refractivity contribution in [2.45, 2.75) is 0 Å². The molecule has 28 heavy (non-hydrogen) atoms. The van der Waals surface area contributed by atoms with Crippen LogP contribution in [0.4, 0.5) is 5.69 Å². The summed E-state index contributed by atoms with van der Waals surface area (Å²) in [6.45, 7) is 0.791. The molecule has 2 amide bonds. The zero-order valence-corrected chi connectivity index (χ0v) is 16.0. The zero-order valence-electron chi connectivity index (χ0n) is 15.2. The predicted octanol–water partition coefficient (Wildman–Crippen LogP) is 4.34. The molecule has 1 N–H and O–H groups in total. The summed E-state index contributed by atoms with van der Waals surface area (Å²) in [6, 6.07) is 16.9. The number of ether oxygens (including phenoxy) is 1. The molecule has 0 radical (unpaired) electrons. The first-order valence-corrected chi connectivity index (χ1v) is 8.99. The number of carbonyl (C=O) groups is 2. The summed E-state index contributed by atoms with van der Waals surface area (Å²) in [5.74, 6) is 0.437. The van der Waals surface area contributed by atoms with Gasteiger partial charge in [0.2, 0.25) is 0 Å². The fourth-order valence-electron chi connectivity index (χ4n) is 2.45. The van der Waals surface area contributed by atoms with Crippen molar-refractivity contribution in [1.82, 2.24) is 4.90 Å². The first-order chi connectivity index (χ1) is 13.5. The lowest BCUT2D eigenvalue weighted by atomic mass is 10.2. The molecular weight excluding hydrogens is 380 g/mol. The number of halogens is 1. The highest BCUT2D eigenvalue weighted by Gasteiger charge is 2.13. The van der Waals surface area contributed by atoms with Crippen molar-refractivity contribution in [3.05, 3.63) is 83.3 Å². The second-order valence-corrected chi connectivity index (χ2v) is 6.47. The molecule has 1 aromatic heterocycles. The molecule has 0 aliphatic rings. The van der Waals surface area contributed by atoms with Gasteiger partial charge in [-0.05, 0) is 60.7 Å². The average molecular weight is 399 g/mol. The summed E-state index contributed by atoms with van der Waals surface area (Å²) < 4.78 is 10.7. The predicted molar refractivity (Wildman–Crippen MR) is 107 cm³/mol. The quantitative estimate of drug-likeness (QED) is 0.642. The van der Waals surface area contributed by atoms with Crippen LogP contribution in [0.5, 0.6) is 5.75 Å². The Kier molecular flexibility index (Phi) is 6.34. The minimum Gasteiger partial charge on any atom is -0.492 e. The number of likely N-dealkylation sites (N-methyl/N-ethyl adjacent to an activating group) is 1. The third-order valence-corrected chi connectivity index (χ3v) is 4.24. The van der Waals surface area contributed by atoms with E-state index in [4.69, 9.17) is 20.8 Å². The Balaban J connectivity index is 1.50. The molecule has 0 unspecified atom stereocenters. The molecule has 3 aromatic rings. The number of anilines is 1. The monoisotopic (exact) mass is 398 g/mol. The summed E-state index contributed by atoms with van der Waals surface area (Å²) in [5, 5.41) is 3.35. The van der Waals surface area contributed by atoms with Crippen LogP contribution in [0.15, 0.2) is 71.3 Å². The van der Waals surface area contributed by atoms with Gasteiger partial charge in [0.15, 0.2) is 5.76 Å². The molecule has 0 atom stereocenters. The van der Waals surface area contributed by atoms with Gasteiger partial charge in [-0.3, -0.25) is 9.59 Å². The van der Waals surface area contributed by atoms with E-state index in [1.807, 2.05) is 0 Å². The van der Waals surface area contributed by atoms with Gasteiger partial charge < -0.3 is 19.4 Å². The Labute approximate surface area is 167 Å². The highest BCUT2D eigenvalue weighted by atomic mass is 35.5. The van der Waals surface area contributed by atoms with Crippen LogP contribution >= 0.6 is 11.6 Å². The second-order valence-electron chi connectivity index (χ2n) is 6.04. The number of nitrogens with zero attached hydrogens (tertiary/aromatic N) is 1. The molecule has 0 saturated heterocycles. The Bertz CT molecular complexity index is 922. The van der Waals surface area contributed by atoms with Gasteiger partial charge in [0.1, 0.15) is 12.4 Å². The van der Waals surface area contributed by atoms with Crippen LogP contribution < -0.4 is 10.1 Å². The molecule has 1 heterocycles. The molecule has 6 nitrogen and oxygen atoms in total. The maximum atomic E-state index is 12.5. The van der Waals surface area contributed by atoms with Crippen molar-refractivity contribution >= 4 is 29.1 Å². The topological polar surface area (TPSA) is 71.8 Å². The van der Waals surface area contributed by atoms with Crippen molar-refractivity contribution in [3.8, 4) is 5.75 Å². The van der Waals surface area contributed by atoms with Crippen LogP contribution in [0.2, 0.25) is 5.02 Å². The minimum absolute atomic E-state index is 0.136. The van der Waals surface area contributed by atoms with E-state index in [0.717, 1.165) is 0 Å². The van der Waals surface area contributed by atoms with E-state index < -0.39 is 0 Å². The summed E-state index contributed by atoms with van der Waals surface area (Å²) in [5.41, 5.74) is 1.09. The Morgan fingerprint density at radius 1 is 1.07 bits per heavy atom. The SMILES string of the molecule is CN(CCOc1ccc(Cl)cc1)C(=O)c1ccc(NC(=O)c2ccco2)cc1. The number of carbonyl (C=O) groups excluding carboxylic acids is 2. The highest BCUT2D eigenvalue weighted by Crippen LogP contribution is 2.16. The summed E-state index contributed by atoms with van der Waals surface area (Å²) >= 11 is 5.83. The molecule has 0 aliphatic carbocycles. The van der Waals surface area contributed by atoms with Gasteiger partial charge in [0.25, 0.3) is 11.8 Å². The van der Waals surface area contributed by atoms with Gasteiger partial charge in [-0.25, -0.2) is 0 Å². The van der Waals surface area contributed by atoms with E-state index in [2.05, 4.69) is 5.32 Å². The maximum Gasteiger partial charge on any atom is 0.291 e. The van der Waals surface area contributed by atoms with Crippen LogP contribution in [0.3, 0.4) is 0 Å². The molecule has 7 heteroatoms. The van der Waals surface area contributed by atoms with E-state index in [0.29, 0.717) is 35.2 Å². The Morgan fingerprint density at radius 2 is 1.79 bits per heavy atom. The Morgan fingerprint density at radius 3 is 2.43 bits per heavy atom. The minimum atomic E-state index is -0.347. The van der Waals surface area contributed by atoms with E-state index in [9.17, 15) is 9.59 Å². The molecular formula is C21H19ClN2O4. The van der Waals surface area contributed by atoms with Gasteiger partial charge in [-0.1, -0.05) is 11.6 Å². The first-order valence-electron chi connectivity index (χ1n) is 8.61. The summed E-state index contributed by atoms with van der Waals surface area (Å²) in [6.07, 6.45) is 1.43. The Hall–Kier alpha value is -3.25. The zero-order chi connectivity index (χ0) is 19.9. The van der Waals surface area contributed by atoms with Gasteiger partial charge >= 0.3 is 0 Å². The molecule has 2 aromatic carbocycles. The van der Waals surface area contributed by atoms with Crippen LogP contribution in [-0.2, 0) is 0 Å². The van der Waals surface area contributed by atoms with Crippen molar-refractivity contribution in [3.63, 3.8) is 0 Å². The fourth-order valence-corrected chi connectivity index (χ4v) is 2.58. The molecule has 0 bridgehead atoms. The number of nitrogens with one attached hydrogen (secondary N) is 1. The van der Waals surface area contributed by atoms with Gasteiger partial charge in [0.05, 0.1) is 12.8 Å². The maximum absolute atomic E-state index is 12.5. The number of amides is 2. The van der Waals surface area contributed by atoms with Gasteiger partial charge in [-0.2, -0.15) is 0 Å². The first kappa shape index (κ1) is 19.5. The third-order valence-electron chi connectivity index (χ3n) is 3.99. The number of rotatable bonds is 7.